The summed E-state index contributed by atoms with van der Waals surface area (Å²) in [4.78, 5) is 2.42. The normalized spacial score (nSPS) is 11.0. The van der Waals surface area contributed by atoms with E-state index in [1.165, 1.54) is 60.8 Å². The lowest BCUT2D eigenvalue weighted by atomic mass is 9.94. The predicted octanol–water partition coefficient (Wildman–Crippen LogP) is 14.6. The van der Waals surface area contributed by atoms with Gasteiger partial charge in [-0.3, -0.25) is 0 Å². The summed E-state index contributed by atoms with van der Waals surface area (Å²) in [7, 11) is 0. The monoisotopic (exact) mass is 675 g/mol. The summed E-state index contributed by atoms with van der Waals surface area (Å²) in [6.07, 6.45) is 0. The van der Waals surface area contributed by atoms with Crippen LogP contribution in [0.1, 0.15) is 0 Å². The van der Waals surface area contributed by atoms with Gasteiger partial charge in [-0.1, -0.05) is 188 Å². The Morgan fingerprint density at radius 1 is 0.245 bits per heavy atom. The largest absolute Gasteiger partial charge is 0.309 e. The molecule has 0 atom stereocenters. The minimum absolute atomic E-state index is 1.09. The number of benzene rings is 9. The van der Waals surface area contributed by atoms with E-state index in [4.69, 9.17) is 0 Å². The third-order valence-corrected chi connectivity index (χ3v) is 10.1. The van der Waals surface area contributed by atoms with Gasteiger partial charge in [0.15, 0.2) is 0 Å². The molecule has 0 unspecified atom stereocenters. The minimum Gasteiger partial charge on any atom is -0.309 e. The number of nitrogens with zero attached hydrogens (tertiary/aromatic N) is 1. The van der Waals surface area contributed by atoms with Crippen molar-refractivity contribution in [2.75, 3.05) is 4.90 Å². The number of hydrogen-bond acceptors (Lipinski definition) is 1. The molecule has 0 amide bonds. The van der Waals surface area contributed by atoms with E-state index in [1.54, 1.807) is 0 Å². The first-order valence-corrected chi connectivity index (χ1v) is 18.2. The smallest absolute Gasteiger partial charge is 0.0540 e. The van der Waals surface area contributed by atoms with Crippen molar-refractivity contribution in [2.45, 2.75) is 0 Å². The molecule has 0 saturated heterocycles. The van der Waals surface area contributed by atoms with E-state index in [1.807, 2.05) is 0 Å². The molecule has 1 heteroatoms. The van der Waals surface area contributed by atoms with E-state index in [2.05, 4.69) is 229 Å². The Labute approximate surface area is 311 Å². The molecule has 9 aromatic rings. The van der Waals surface area contributed by atoms with Gasteiger partial charge < -0.3 is 4.90 Å². The van der Waals surface area contributed by atoms with Crippen molar-refractivity contribution in [3.63, 3.8) is 0 Å². The molecule has 0 fully saturated rings. The lowest BCUT2D eigenvalue weighted by Gasteiger charge is -2.30. The third kappa shape index (κ3) is 6.42. The molecule has 9 aromatic carbocycles. The first-order chi connectivity index (χ1) is 26.3. The van der Waals surface area contributed by atoms with Crippen LogP contribution in [0.3, 0.4) is 0 Å². The predicted molar refractivity (Wildman–Crippen MR) is 226 cm³/mol. The summed E-state index contributed by atoms with van der Waals surface area (Å²) in [5.74, 6) is 0. The fourth-order valence-corrected chi connectivity index (χ4v) is 7.49. The topological polar surface area (TPSA) is 3.24 Å². The highest BCUT2D eigenvalue weighted by Crippen LogP contribution is 2.45. The summed E-state index contributed by atoms with van der Waals surface area (Å²) in [6.45, 7) is 0. The van der Waals surface area contributed by atoms with Crippen molar-refractivity contribution in [3.05, 3.63) is 224 Å². The molecular weight excluding hydrogens is 639 g/mol. The van der Waals surface area contributed by atoms with Crippen molar-refractivity contribution in [3.8, 4) is 55.6 Å². The Hall–Kier alpha value is -6.96. The average Bonchev–Trinajstić information content (AvgIpc) is 3.25. The minimum atomic E-state index is 1.09. The SMILES string of the molecule is c1ccc(-c2cccc(-c3ccc(N(c4ccccc4-c4ccccc4)c4ccccc4-c4cccc(-c5cccc6ccccc56)c4)cc3)c2)cc1. The van der Waals surface area contributed by atoms with Gasteiger partial charge in [-0.2, -0.15) is 0 Å². The van der Waals surface area contributed by atoms with Crippen molar-refractivity contribution in [1.29, 1.82) is 0 Å². The second-order valence-electron chi connectivity index (χ2n) is 13.3. The van der Waals surface area contributed by atoms with Crippen molar-refractivity contribution in [1.82, 2.24) is 0 Å². The first-order valence-electron chi connectivity index (χ1n) is 18.2. The van der Waals surface area contributed by atoms with Crippen LogP contribution in [0.5, 0.6) is 0 Å². The van der Waals surface area contributed by atoms with Gasteiger partial charge in [0.1, 0.15) is 0 Å². The van der Waals surface area contributed by atoms with Crippen LogP contribution in [-0.4, -0.2) is 0 Å². The molecular formula is C52H37N. The van der Waals surface area contributed by atoms with Crippen LogP contribution in [0.4, 0.5) is 17.1 Å². The standard InChI is InChI=1S/C52H37N/c1-3-16-38(17-4-1)42-22-13-23-43(36-42)39-32-34-46(35-33-39)53(51-30-11-9-27-49(51)41-18-5-2-6-19-41)52-31-12-10-28-50(52)45-25-14-24-44(37-45)48-29-15-21-40-20-7-8-26-47(40)48/h1-37H. The van der Waals surface area contributed by atoms with Crippen LogP contribution in [0, 0.1) is 0 Å². The average molecular weight is 676 g/mol. The molecule has 0 spiro atoms. The lowest BCUT2D eigenvalue weighted by Crippen LogP contribution is -2.12. The van der Waals surface area contributed by atoms with E-state index in [0.717, 1.165) is 22.6 Å². The maximum atomic E-state index is 2.42. The van der Waals surface area contributed by atoms with Gasteiger partial charge in [-0.05, 0) is 91.7 Å². The van der Waals surface area contributed by atoms with E-state index in [-0.39, 0.29) is 0 Å². The molecule has 53 heavy (non-hydrogen) atoms. The molecule has 250 valence electrons. The highest BCUT2D eigenvalue weighted by molar-refractivity contribution is 5.98. The maximum Gasteiger partial charge on any atom is 0.0540 e. The van der Waals surface area contributed by atoms with Gasteiger partial charge >= 0.3 is 0 Å². The Morgan fingerprint density at radius 2 is 0.660 bits per heavy atom. The number of anilines is 3. The van der Waals surface area contributed by atoms with Crippen LogP contribution in [0.25, 0.3) is 66.4 Å². The highest BCUT2D eigenvalue weighted by atomic mass is 15.1. The zero-order valence-electron chi connectivity index (χ0n) is 29.3. The molecule has 0 aromatic heterocycles. The number of rotatable bonds is 8. The van der Waals surface area contributed by atoms with Gasteiger partial charge in [0.05, 0.1) is 11.4 Å². The Morgan fingerprint density at radius 3 is 1.34 bits per heavy atom. The van der Waals surface area contributed by atoms with Crippen molar-refractivity contribution in [2.24, 2.45) is 0 Å². The van der Waals surface area contributed by atoms with Crippen LogP contribution < -0.4 is 4.90 Å². The van der Waals surface area contributed by atoms with Crippen LogP contribution >= 0.6 is 0 Å². The molecule has 0 saturated carbocycles. The summed E-state index contributed by atoms with van der Waals surface area (Å²) in [6, 6.07) is 80.8. The quantitative estimate of drug-likeness (QED) is 0.155. The zero-order valence-corrected chi connectivity index (χ0v) is 29.3. The molecule has 0 aliphatic carbocycles. The molecule has 1 nitrogen and oxygen atoms in total. The summed E-state index contributed by atoms with van der Waals surface area (Å²) in [5.41, 5.74) is 15.3. The van der Waals surface area contributed by atoms with Crippen LogP contribution in [0.2, 0.25) is 0 Å². The molecule has 9 rings (SSSR count). The number of para-hydroxylation sites is 2. The Balaban J connectivity index is 1.18. The van der Waals surface area contributed by atoms with Crippen molar-refractivity contribution < 1.29 is 0 Å². The third-order valence-electron chi connectivity index (χ3n) is 10.1. The van der Waals surface area contributed by atoms with Gasteiger partial charge in [-0.25, -0.2) is 0 Å². The van der Waals surface area contributed by atoms with Gasteiger partial charge in [0.25, 0.3) is 0 Å². The number of hydrogen-bond donors (Lipinski definition) is 0. The summed E-state index contributed by atoms with van der Waals surface area (Å²) < 4.78 is 0. The fraction of sp³-hybridized carbons (Fsp3) is 0. The summed E-state index contributed by atoms with van der Waals surface area (Å²) >= 11 is 0. The highest BCUT2D eigenvalue weighted by Gasteiger charge is 2.21. The van der Waals surface area contributed by atoms with Gasteiger partial charge in [0.2, 0.25) is 0 Å². The Bertz CT molecular complexity index is 2650. The Kier molecular flexibility index (Phi) is 8.66. The molecule has 0 aliphatic heterocycles. The van der Waals surface area contributed by atoms with Crippen molar-refractivity contribution >= 4 is 27.8 Å². The second kappa shape index (κ2) is 14.3. The molecule has 0 radical (unpaired) electrons. The molecule has 0 bridgehead atoms. The van der Waals surface area contributed by atoms with E-state index < -0.39 is 0 Å². The van der Waals surface area contributed by atoms with E-state index in [9.17, 15) is 0 Å². The van der Waals surface area contributed by atoms with Gasteiger partial charge in [0, 0.05) is 16.8 Å². The van der Waals surface area contributed by atoms with E-state index in [0.29, 0.717) is 0 Å². The van der Waals surface area contributed by atoms with Crippen LogP contribution in [0.15, 0.2) is 224 Å². The number of fused-ring (bicyclic) bond motifs is 1. The van der Waals surface area contributed by atoms with E-state index >= 15 is 0 Å². The molecule has 0 heterocycles. The zero-order chi connectivity index (χ0) is 35.4. The first kappa shape index (κ1) is 32.0. The maximum absolute atomic E-state index is 2.42. The summed E-state index contributed by atoms with van der Waals surface area (Å²) in [5, 5.41) is 2.50. The fourth-order valence-electron chi connectivity index (χ4n) is 7.49. The molecule has 0 aliphatic rings. The molecule has 0 N–H and O–H groups in total. The second-order valence-corrected chi connectivity index (χ2v) is 13.3. The van der Waals surface area contributed by atoms with Gasteiger partial charge in [-0.15, -0.1) is 0 Å². The van der Waals surface area contributed by atoms with Crippen LogP contribution in [-0.2, 0) is 0 Å². The lowest BCUT2D eigenvalue weighted by molar-refractivity contribution is 1.28.